The summed E-state index contributed by atoms with van der Waals surface area (Å²) in [4.78, 5) is 32.1. The van der Waals surface area contributed by atoms with E-state index >= 15 is 0 Å². The number of nitrogens with zero attached hydrogens (tertiary/aromatic N) is 3. The van der Waals surface area contributed by atoms with Crippen LogP contribution < -0.4 is 0 Å². The van der Waals surface area contributed by atoms with Gasteiger partial charge in [-0.3, -0.25) is 13.6 Å². The summed E-state index contributed by atoms with van der Waals surface area (Å²) in [5.41, 5.74) is -0.235. The molecular weight excluding hydrogens is 701 g/mol. The monoisotopic (exact) mass is 741 g/mol. The first-order valence-corrected chi connectivity index (χ1v) is 19.3. The predicted molar refractivity (Wildman–Crippen MR) is 168 cm³/mol. The topological polar surface area (TPSA) is 221 Å². The Morgan fingerprint density at radius 2 is 1.60 bits per heavy atom. The normalized spacial score (nSPS) is 22.1. The summed E-state index contributed by atoms with van der Waals surface area (Å²) < 4.78 is 76.2. The molecule has 1 aliphatic heterocycles. The van der Waals surface area contributed by atoms with Gasteiger partial charge in [-0.15, -0.1) is 0 Å². The molecule has 2 aliphatic rings. The molecule has 0 amide bonds. The molecule has 0 radical (unpaired) electrons. The van der Waals surface area contributed by atoms with E-state index in [9.17, 15) is 32.8 Å². The molecule has 2 aromatic heterocycles. The molecule has 2 fully saturated rings. The number of carbonyl (C=O) groups excluding carboxylic acids is 2. The average Bonchev–Trinajstić information content (AvgIpc) is 3.68. The highest BCUT2D eigenvalue weighted by Crippen LogP contribution is 2.50. The van der Waals surface area contributed by atoms with Crippen molar-refractivity contribution in [1.29, 1.82) is 0 Å². The average molecular weight is 742 g/mol. The second-order valence-electron chi connectivity index (χ2n) is 12.1. The first kappa shape index (κ1) is 38.2. The zero-order valence-electron chi connectivity index (χ0n) is 26.9. The Hall–Kier alpha value is -2.57. The molecule has 0 spiro atoms. The molecule has 1 saturated heterocycles. The molecule has 0 aromatic carbocycles. The van der Waals surface area contributed by atoms with Crippen molar-refractivity contribution >= 4 is 52.4 Å². The molecule has 270 valence electrons. The summed E-state index contributed by atoms with van der Waals surface area (Å²) in [5, 5.41) is 22.4. The second kappa shape index (κ2) is 16.4. The maximum Gasteiger partial charge on any atom is 0.510 e. The molecule has 4 atom stereocenters. The zero-order chi connectivity index (χ0) is 35.2. The lowest BCUT2D eigenvalue weighted by Crippen LogP contribution is -2.36. The van der Waals surface area contributed by atoms with Crippen LogP contribution in [0, 0.1) is 5.92 Å². The van der Waals surface area contributed by atoms with Crippen molar-refractivity contribution in [3.05, 3.63) is 23.2 Å². The van der Waals surface area contributed by atoms with Crippen LogP contribution in [0.4, 0.5) is 9.59 Å². The Kier molecular flexibility index (Phi) is 13.1. The summed E-state index contributed by atoms with van der Waals surface area (Å²) in [7, 11) is -9.21. The van der Waals surface area contributed by atoms with Gasteiger partial charge in [0.2, 0.25) is 18.9 Å². The minimum absolute atomic E-state index is 0.0127. The lowest BCUT2D eigenvalue weighted by Gasteiger charge is -2.20. The van der Waals surface area contributed by atoms with Gasteiger partial charge in [0.05, 0.1) is 23.7 Å². The van der Waals surface area contributed by atoms with Crippen LogP contribution in [0.5, 0.6) is 0 Å². The van der Waals surface area contributed by atoms with Crippen molar-refractivity contribution in [2.45, 2.75) is 96.5 Å². The third-order valence-electron chi connectivity index (χ3n) is 7.48. The van der Waals surface area contributed by atoms with Crippen molar-refractivity contribution in [1.82, 2.24) is 14.5 Å². The van der Waals surface area contributed by atoms with Crippen LogP contribution in [0.15, 0.2) is 12.3 Å². The summed E-state index contributed by atoms with van der Waals surface area (Å²) >= 11 is 6.25. The van der Waals surface area contributed by atoms with Gasteiger partial charge >= 0.3 is 19.9 Å². The van der Waals surface area contributed by atoms with Crippen LogP contribution in [0.2, 0.25) is 5.28 Å². The Morgan fingerprint density at radius 1 is 1.02 bits per heavy atom. The van der Waals surface area contributed by atoms with E-state index in [0.29, 0.717) is 23.4 Å². The predicted octanol–water partition coefficient (Wildman–Crippen LogP) is 4.07. The largest absolute Gasteiger partial charge is 0.510 e. The van der Waals surface area contributed by atoms with Gasteiger partial charge in [-0.2, -0.15) is 4.98 Å². The van der Waals surface area contributed by atoms with Crippen LogP contribution in [-0.2, 0) is 53.6 Å². The molecule has 48 heavy (non-hydrogen) atoms. The summed E-state index contributed by atoms with van der Waals surface area (Å²) in [5.74, 6) is -0.482. The summed E-state index contributed by atoms with van der Waals surface area (Å²) in [6, 6.07) is 1.74. The van der Waals surface area contributed by atoms with Crippen molar-refractivity contribution in [2.24, 2.45) is 5.92 Å². The number of aliphatic hydroxyl groups is 2. The van der Waals surface area contributed by atoms with E-state index in [4.69, 9.17) is 34.9 Å². The Balaban J connectivity index is 1.46. The van der Waals surface area contributed by atoms with Gasteiger partial charge in [-0.1, -0.05) is 25.7 Å². The minimum Gasteiger partial charge on any atom is -0.432 e. The van der Waals surface area contributed by atoms with Crippen LogP contribution in [0.25, 0.3) is 11.0 Å². The Bertz CT molecular complexity index is 1550. The molecule has 2 N–H and O–H groups in total. The van der Waals surface area contributed by atoms with Crippen molar-refractivity contribution < 1.29 is 65.5 Å². The molecule has 3 heterocycles. The number of hydrogen-bond acceptors (Lipinski definition) is 16. The number of halogens is 1. The fraction of sp³-hybridized carbons (Fsp3) is 0.714. The zero-order valence-corrected chi connectivity index (χ0v) is 29.4. The SMILES string of the molecule is CC(C)OC(=O)OCOP(=O)(CS(=O)(=O)C[C@H]1O[C@@H](n2ccc3c(CC4CCCC4)nc(Cl)nc32)[C@H](O)[C@@H]1O)OCOC(=O)OC(C)C. The molecule has 17 nitrogen and oxygen atoms in total. The fourth-order valence-corrected chi connectivity index (χ4v) is 9.83. The van der Waals surface area contributed by atoms with Crippen molar-refractivity contribution in [3.63, 3.8) is 0 Å². The Labute approximate surface area is 282 Å². The first-order chi connectivity index (χ1) is 22.6. The van der Waals surface area contributed by atoms with Crippen LogP contribution in [0.3, 0.4) is 0 Å². The van der Waals surface area contributed by atoms with E-state index in [1.54, 1.807) is 40.0 Å². The van der Waals surface area contributed by atoms with Gasteiger partial charge in [0, 0.05) is 11.6 Å². The number of hydrogen-bond donors (Lipinski definition) is 2. The number of aromatic nitrogens is 3. The van der Waals surface area contributed by atoms with Crippen LogP contribution in [-0.4, -0.2) is 101 Å². The maximum absolute atomic E-state index is 13.5. The quantitative estimate of drug-likeness (QED) is 0.114. The highest BCUT2D eigenvalue weighted by molar-refractivity contribution is 7.97. The second-order valence-corrected chi connectivity index (χ2v) is 17.0. The molecule has 20 heteroatoms. The van der Waals surface area contributed by atoms with Crippen LogP contribution >= 0.6 is 19.2 Å². The minimum atomic E-state index is -4.72. The van der Waals surface area contributed by atoms with E-state index in [1.165, 1.54) is 4.57 Å². The smallest absolute Gasteiger partial charge is 0.432 e. The standard InChI is InChI=1S/C28H41ClN3O14PS/c1-16(2)44-27(35)40-13-42-47(37,43-14-41-28(36)45-17(3)4)15-48(38,39)12-21-22(33)23(34)25(46-21)32-10-9-19-20(11-18-7-5-6-8-18)30-26(29)31-24(19)32/h9-10,16-18,21-23,25,33-34H,5-8,11-15H2,1-4H3/t21-,22-,23-,25-/m1/s1. The number of aliphatic hydroxyl groups excluding tert-OH is 2. The third-order valence-corrected chi connectivity index (χ3v) is 12.3. The number of rotatable bonds is 15. The van der Waals surface area contributed by atoms with Crippen molar-refractivity contribution in [3.8, 4) is 0 Å². The van der Waals surface area contributed by atoms with E-state index in [1.807, 2.05) is 0 Å². The van der Waals surface area contributed by atoms with Gasteiger partial charge in [-0.25, -0.2) is 23.0 Å². The Morgan fingerprint density at radius 3 is 2.17 bits per heavy atom. The molecule has 2 aromatic rings. The molecule has 0 unspecified atom stereocenters. The number of ether oxygens (including phenoxy) is 5. The molecule has 1 aliphatic carbocycles. The molecular formula is C28H41ClN3O14PS. The van der Waals surface area contributed by atoms with E-state index in [2.05, 4.69) is 19.4 Å². The van der Waals surface area contributed by atoms with Crippen molar-refractivity contribution in [2.75, 3.05) is 24.8 Å². The van der Waals surface area contributed by atoms with E-state index in [-0.39, 0.29) is 5.28 Å². The van der Waals surface area contributed by atoms with E-state index in [0.717, 1.165) is 31.4 Å². The molecule has 1 saturated carbocycles. The lowest BCUT2D eigenvalue weighted by atomic mass is 10.0. The summed E-state index contributed by atoms with van der Waals surface area (Å²) in [6.45, 7) is 4.12. The van der Waals surface area contributed by atoms with Gasteiger partial charge in [0.25, 0.3) is 0 Å². The van der Waals surface area contributed by atoms with Crippen LogP contribution in [0.1, 0.15) is 65.3 Å². The van der Waals surface area contributed by atoms with E-state index < -0.39 is 91.3 Å². The number of carbonyl (C=O) groups is 2. The highest BCUT2D eigenvalue weighted by Gasteiger charge is 2.47. The van der Waals surface area contributed by atoms with Gasteiger partial charge in [0.1, 0.15) is 24.0 Å². The number of fused-ring (bicyclic) bond motifs is 1. The fourth-order valence-electron chi connectivity index (χ4n) is 5.43. The maximum atomic E-state index is 13.5. The number of sulfone groups is 1. The van der Waals surface area contributed by atoms with Gasteiger partial charge in [0.15, 0.2) is 21.6 Å². The first-order valence-electron chi connectivity index (χ1n) is 15.4. The molecule has 4 rings (SSSR count). The van der Waals surface area contributed by atoms with Gasteiger partial charge < -0.3 is 38.5 Å². The lowest BCUT2D eigenvalue weighted by molar-refractivity contribution is -0.0297. The van der Waals surface area contributed by atoms with Gasteiger partial charge in [-0.05, 0) is 57.7 Å². The summed E-state index contributed by atoms with van der Waals surface area (Å²) in [6.07, 6.45) is -2.79. The highest BCUT2D eigenvalue weighted by atomic mass is 35.5. The third kappa shape index (κ3) is 10.5. The molecule has 0 bridgehead atoms.